The third kappa shape index (κ3) is 4.52. The zero-order valence-electron chi connectivity index (χ0n) is 12.3. The van der Waals surface area contributed by atoms with Crippen LogP contribution in [-0.2, 0) is 0 Å². The van der Waals surface area contributed by atoms with Gasteiger partial charge in [-0.15, -0.1) is 0 Å². The Hall–Kier alpha value is -1.31. The summed E-state index contributed by atoms with van der Waals surface area (Å²) in [5, 5.41) is 3.18. The van der Waals surface area contributed by atoms with Crippen molar-refractivity contribution in [2.24, 2.45) is 10.8 Å². The van der Waals surface area contributed by atoms with E-state index in [1.807, 2.05) is 24.4 Å². The van der Waals surface area contributed by atoms with Crippen LogP contribution in [0.4, 0.5) is 5.82 Å². The summed E-state index contributed by atoms with van der Waals surface area (Å²) in [6.45, 7) is 11.6. The molecule has 0 aliphatic heterocycles. The van der Waals surface area contributed by atoms with Crippen LogP contribution >= 0.6 is 0 Å². The highest BCUT2D eigenvalue weighted by Crippen LogP contribution is 2.41. The Bertz CT molecular complexity index is 372. The molecule has 0 saturated carbocycles. The summed E-state index contributed by atoms with van der Waals surface area (Å²) >= 11 is 0. The molecule has 1 N–H and O–H groups in total. The van der Waals surface area contributed by atoms with Crippen LogP contribution in [0, 0.1) is 10.8 Å². The maximum Gasteiger partial charge on any atom is 0.129 e. The first-order valence-electron chi connectivity index (χ1n) is 6.65. The number of nitrogens with one attached hydrogen (secondary N) is 1. The summed E-state index contributed by atoms with van der Waals surface area (Å²) in [5.41, 5.74) is 0.692. The molecule has 1 rings (SSSR count). The molecule has 0 fully saturated rings. The molecular weight excluding hydrogens is 220 g/mol. The van der Waals surface area contributed by atoms with Crippen LogP contribution in [0.3, 0.4) is 0 Å². The van der Waals surface area contributed by atoms with E-state index in [4.69, 9.17) is 0 Å². The van der Waals surface area contributed by atoms with E-state index >= 15 is 0 Å². The molecule has 18 heavy (non-hydrogen) atoms. The Kier molecular flexibility index (Phi) is 4.94. The first-order valence-corrected chi connectivity index (χ1v) is 6.65. The second-order valence-corrected chi connectivity index (χ2v) is 6.43. The Morgan fingerprint density at radius 2 is 1.89 bits per heavy atom. The van der Waals surface area contributed by atoms with Gasteiger partial charge in [0.1, 0.15) is 5.82 Å². The third-order valence-corrected chi connectivity index (χ3v) is 3.98. The fourth-order valence-corrected chi connectivity index (χ4v) is 1.49. The van der Waals surface area contributed by atoms with Crippen molar-refractivity contribution < 1.29 is 0 Å². The highest BCUT2D eigenvalue weighted by atomic mass is 15.0. The summed E-state index contributed by atoms with van der Waals surface area (Å²) in [7, 11) is 0. The normalized spacial score (nSPS) is 12.9. The molecule has 0 bridgehead atoms. The summed E-state index contributed by atoms with van der Waals surface area (Å²) in [6, 6.07) is 5.86. The molecule has 2 nitrogen and oxygen atoms in total. The Labute approximate surface area is 112 Å². The van der Waals surface area contributed by atoms with E-state index in [1.54, 1.807) is 6.20 Å². The van der Waals surface area contributed by atoms with Crippen LogP contribution < -0.4 is 5.32 Å². The van der Waals surface area contributed by atoms with Crippen molar-refractivity contribution in [1.29, 1.82) is 0 Å². The van der Waals surface area contributed by atoms with Gasteiger partial charge in [0.05, 0.1) is 0 Å². The van der Waals surface area contributed by atoms with Crippen molar-refractivity contribution in [2.45, 2.75) is 47.5 Å². The molecule has 100 valence electrons. The summed E-state index contributed by atoms with van der Waals surface area (Å²) in [5.74, 6) is 0.892. The van der Waals surface area contributed by atoms with Crippen molar-refractivity contribution in [3.8, 4) is 0 Å². The molecule has 2 heteroatoms. The lowest BCUT2D eigenvalue weighted by Crippen LogP contribution is -2.29. The minimum absolute atomic E-state index is 0.343. The maximum atomic E-state index is 4.20. The Morgan fingerprint density at radius 1 is 1.17 bits per heavy atom. The number of hydrogen-bond donors (Lipinski definition) is 1. The number of anilines is 1. The smallest absolute Gasteiger partial charge is 0.129 e. The van der Waals surface area contributed by atoms with Crippen LogP contribution in [0.2, 0.25) is 0 Å². The Balaban J connectivity index is 2.34. The summed E-state index contributed by atoms with van der Waals surface area (Å²) in [4.78, 5) is 4.20. The highest BCUT2D eigenvalue weighted by Gasteiger charge is 2.31. The van der Waals surface area contributed by atoms with E-state index in [9.17, 15) is 0 Å². The zero-order chi connectivity index (χ0) is 13.6. The SMILES string of the molecule is CC(C)(C)C(C)(C)CC/C=C\Nc1ccccn1. The second-order valence-electron chi connectivity index (χ2n) is 6.43. The lowest BCUT2D eigenvalue weighted by molar-refractivity contribution is 0.121. The molecule has 0 aliphatic rings. The topological polar surface area (TPSA) is 24.9 Å². The molecule has 0 radical (unpaired) electrons. The molecule has 0 atom stereocenters. The highest BCUT2D eigenvalue weighted by molar-refractivity contribution is 5.36. The second kappa shape index (κ2) is 6.03. The van der Waals surface area contributed by atoms with Gasteiger partial charge in [0, 0.05) is 6.20 Å². The van der Waals surface area contributed by atoms with E-state index in [0.29, 0.717) is 10.8 Å². The van der Waals surface area contributed by atoms with Gasteiger partial charge in [0.15, 0.2) is 0 Å². The van der Waals surface area contributed by atoms with E-state index in [-0.39, 0.29) is 0 Å². The van der Waals surface area contributed by atoms with Crippen molar-refractivity contribution in [1.82, 2.24) is 4.98 Å². The maximum absolute atomic E-state index is 4.20. The van der Waals surface area contributed by atoms with Crippen LogP contribution in [0.25, 0.3) is 0 Å². The average Bonchev–Trinajstić information content (AvgIpc) is 2.28. The lowest BCUT2D eigenvalue weighted by Gasteiger charge is -2.38. The van der Waals surface area contributed by atoms with Gasteiger partial charge in [-0.1, -0.05) is 46.8 Å². The molecule has 1 heterocycles. The van der Waals surface area contributed by atoms with Crippen molar-refractivity contribution in [2.75, 3.05) is 5.32 Å². The molecule has 0 aromatic carbocycles. The predicted molar refractivity (Wildman–Crippen MR) is 79.5 cm³/mol. The molecule has 0 unspecified atom stereocenters. The Morgan fingerprint density at radius 3 is 2.44 bits per heavy atom. The molecule has 0 amide bonds. The minimum Gasteiger partial charge on any atom is -0.347 e. The van der Waals surface area contributed by atoms with Crippen LogP contribution in [0.15, 0.2) is 36.7 Å². The monoisotopic (exact) mass is 246 g/mol. The van der Waals surface area contributed by atoms with Gasteiger partial charge in [-0.3, -0.25) is 0 Å². The lowest BCUT2D eigenvalue weighted by atomic mass is 9.67. The fraction of sp³-hybridized carbons (Fsp3) is 0.562. The van der Waals surface area contributed by atoms with Gasteiger partial charge in [-0.05, 0) is 42.0 Å². The van der Waals surface area contributed by atoms with Gasteiger partial charge in [-0.2, -0.15) is 0 Å². The number of hydrogen-bond acceptors (Lipinski definition) is 2. The van der Waals surface area contributed by atoms with E-state index < -0.39 is 0 Å². The van der Waals surface area contributed by atoms with Gasteiger partial charge >= 0.3 is 0 Å². The number of aromatic nitrogens is 1. The van der Waals surface area contributed by atoms with Crippen molar-refractivity contribution in [3.63, 3.8) is 0 Å². The van der Waals surface area contributed by atoms with E-state index in [2.05, 4.69) is 51.0 Å². The zero-order valence-corrected chi connectivity index (χ0v) is 12.3. The standard InChI is InChI=1S/C16H26N2/c1-15(2,3)16(4,5)11-7-9-13-18-14-10-6-8-12-17-14/h6,8-10,12-13H,7,11H2,1-5H3,(H,17,18)/b13-9-. The molecular formula is C16H26N2. The number of rotatable bonds is 5. The minimum atomic E-state index is 0.343. The largest absolute Gasteiger partial charge is 0.347 e. The van der Waals surface area contributed by atoms with Crippen molar-refractivity contribution >= 4 is 5.82 Å². The van der Waals surface area contributed by atoms with Crippen LogP contribution in [0.5, 0.6) is 0 Å². The van der Waals surface area contributed by atoms with Crippen molar-refractivity contribution in [3.05, 3.63) is 36.7 Å². The van der Waals surface area contributed by atoms with Crippen LogP contribution in [-0.4, -0.2) is 4.98 Å². The first-order chi connectivity index (χ1) is 8.33. The molecule has 0 aliphatic carbocycles. The summed E-state index contributed by atoms with van der Waals surface area (Å²) < 4.78 is 0. The first kappa shape index (κ1) is 14.7. The summed E-state index contributed by atoms with van der Waals surface area (Å²) in [6.07, 6.45) is 8.24. The third-order valence-electron chi connectivity index (χ3n) is 3.98. The molecule has 0 saturated heterocycles. The molecule has 0 spiro atoms. The molecule has 1 aromatic rings. The average molecular weight is 246 g/mol. The molecule has 1 aromatic heterocycles. The quantitative estimate of drug-likeness (QED) is 0.802. The van der Waals surface area contributed by atoms with E-state index in [1.165, 1.54) is 6.42 Å². The van der Waals surface area contributed by atoms with E-state index in [0.717, 1.165) is 12.2 Å². The predicted octanol–water partition coefficient (Wildman–Crippen LogP) is 4.86. The van der Waals surface area contributed by atoms with Gasteiger partial charge in [0.2, 0.25) is 0 Å². The van der Waals surface area contributed by atoms with Gasteiger partial charge < -0.3 is 5.32 Å². The van der Waals surface area contributed by atoms with Gasteiger partial charge in [-0.25, -0.2) is 4.98 Å². The fourth-order valence-electron chi connectivity index (χ4n) is 1.49. The number of allylic oxidation sites excluding steroid dienone is 1. The van der Waals surface area contributed by atoms with Gasteiger partial charge in [0.25, 0.3) is 0 Å². The number of pyridine rings is 1. The van der Waals surface area contributed by atoms with Crippen LogP contribution in [0.1, 0.15) is 47.5 Å². The number of nitrogens with zero attached hydrogens (tertiary/aromatic N) is 1.